The maximum atomic E-state index is 10.9. The van der Waals surface area contributed by atoms with Crippen LogP contribution in [0.1, 0.15) is 54.6 Å². The average molecular weight is 312 g/mol. The molecule has 1 aromatic carbocycles. The van der Waals surface area contributed by atoms with Crippen molar-refractivity contribution in [3.05, 3.63) is 47.0 Å². The van der Waals surface area contributed by atoms with Gasteiger partial charge in [0.15, 0.2) is 0 Å². The Hall–Kier alpha value is -2.56. The van der Waals surface area contributed by atoms with Crippen molar-refractivity contribution in [3.63, 3.8) is 0 Å². The second-order valence-electron chi connectivity index (χ2n) is 6.51. The smallest absolute Gasteiger partial charge is 0.371 e. The molecule has 0 spiro atoms. The van der Waals surface area contributed by atoms with Crippen molar-refractivity contribution >= 4 is 17.6 Å². The van der Waals surface area contributed by atoms with Crippen LogP contribution >= 0.6 is 0 Å². The van der Waals surface area contributed by atoms with Gasteiger partial charge in [0.25, 0.3) is 0 Å². The number of carboxylic acid groups (broad SMARTS) is 1. The number of aromatic carboxylic acids is 1. The van der Waals surface area contributed by atoms with Crippen molar-refractivity contribution in [2.45, 2.75) is 32.6 Å². The molecule has 0 saturated carbocycles. The van der Waals surface area contributed by atoms with Gasteiger partial charge in [-0.1, -0.05) is 19.9 Å². The molecule has 0 unspecified atom stereocenters. The summed E-state index contributed by atoms with van der Waals surface area (Å²) in [6, 6.07) is 6.20. The zero-order chi connectivity index (χ0) is 16.6. The van der Waals surface area contributed by atoms with Gasteiger partial charge in [0.1, 0.15) is 5.75 Å². The number of carboxylic acids is 1. The summed E-state index contributed by atoms with van der Waals surface area (Å²) >= 11 is 0. The van der Waals surface area contributed by atoms with Crippen LogP contribution in [0.25, 0.3) is 11.6 Å². The Labute approximate surface area is 135 Å². The van der Waals surface area contributed by atoms with Gasteiger partial charge in [-0.3, -0.25) is 0 Å². The molecule has 1 aliphatic heterocycles. The third-order valence-corrected chi connectivity index (χ3v) is 4.32. The van der Waals surface area contributed by atoms with Crippen molar-refractivity contribution in [2.24, 2.45) is 0 Å². The lowest BCUT2D eigenvalue weighted by Gasteiger charge is -2.32. The quantitative estimate of drug-likeness (QED) is 0.905. The molecule has 0 radical (unpaired) electrons. The van der Waals surface area contributed by atoms with Gasteiger partial charge in [0, 0.05) is 5.56 Å². The highest BCUT2D eigenvalue weighted by molar-refractivity contribution is 5.85. The molecule has 120 valence electrons. The van der Waals surface area contributed by atoms with Crippen molar-refractivity contribution in [1.82, 2.24) is 9.97 Å². The molecule has 0 bridgehead atoms. The van der Waals surface area contributed by atoms with Crippen LogP contribution in [0.2, 0.25) is 0 Å². The number of H-pyrrole nitrogens is 1. The molecule has 0 amide bonds. The number of rotatable bonds is 3. The summed E-state index contributed by atoms with van der Waals surface area (Å²) in [4.78, 5) is 17.5. The van der Waals surface area contributed by atoms with Crippen molar-refractivity contribution < 1.29 is 14.6 Å². The SMILES string of the molecule is C/C(=C\c1cnc(C(=O)O)[nH]1)c1ccc2c(c1)C(C)(C)CCO2. The van der Waals surface area contributed by atoms with E-state index in [0.717, 1.165) is 29.9 Å². The van der Waals surface area contributed by atoms with E-state index in [0.29, 0.717) is 5.69 Å². The first-order chi connectivity index (χ1) is 10.9. The second-order valence-corrected chi connectivity index (χ2v) is 6.51. The van der Waals surface area contributed by atoms with E-state index in [2.05, 4.69) is 29.9 Å². The molecule has 0 saturated heterocycles. The van der Waals surface area contributed by atoms with E-state index in [9.17, 15) is 4.79 Å². The van der Waals surface area contributed by atoms with Crippen molar-refractivity contribution in [3.8, 4) is 5.75 Å². The van der Waals surface area contributed by atoms with Crippen LogP contribution in [0.4, 0.5) is 0 Å². The van der Waals surface area contributed by atoms with E-state index < -0.39 is 5.97 Å². The number of nitrogens with zero attached hydrogens (tertiary/aromatic N) is 1. The van der Waals surface area contributed by atoms with Gasteiger partial charge in [-0.2, -0.15) is 0 Å². The van der Waals surface area contributed by atoms with Gasteiger partial charge in [-0.15, -0.1) is 0 Å². The summed E-state index contributed by atoms with van der Waals surface area (Å²) in [5.41, 5.74) is 4.11. The Kier molecular flexibility index (Phi) is 3.72. The van der Waals surface area contributed by atoms with E-state index in [1.165, 1.54) is 11.8 Å². The van der Waals surface area contributed by atoms with Crippen LogP contribution < -0.4 is 4.74 Å². The Balaban J connectivity index is 1.94. The fraction of sp³-hybridized carbons (Fsp3) is 0.333. The Morgan fingerprint density at radius 1 is 1.43 bits per heavy atom. The summed E-state index contributed by atoms with van der Waals surface area (Å²) in [7, 11) is 0. The largest absolute Gasteiger partial charge is 0.493 e. The lowest BCUT2D eigenvalue weighted by atomic mass is 9.79. The number of fused-ring (bicyclic) bond motifs is 1. The third-order valence-electron chi connectivity index (χ3n) is 4.32. The monoisotopic (exact) mass is 312 g/mol. The average Bonchev–Trinajstić information content (AvgIpc) is 2.95. The van der Waals surface area contributed by atoms with Gasteiger partial charge < -0.3 is 14.8 Å². The summed E-state index contributed by atoms with van der Waals surface area (Å²) in [6.07, 6.45) is 4.42. The molecular formula is C18H20N2O3. The normalized spacial score (nSPS) is 16.6. The number of allylic oxidation sites excluding steroid dienone is 1. The fourth-order valence-electron chi connectivity index (χ4n) is 2.81. The molecule has 1 aliphatic rings. The van der Waals surface area contributed by atoms with E-state index in [1.54, 1.807) is 0 Å². The van der Waals surface area contributed by atoms with E-state index in [4.69, 9.17) is 9.84 Å². The Morgan fingerprint density at radius 3 is 2.91 bits per heavy atom. The summed E-state index contributed by atoms with van der Waals surface area (Å²) in [5, 5.41) is 8.91. The van der Waals surface area contributed by atoms with Crippen molar-refractivity contribution in [1.29, 1.82) is 0 Å². The molecule has 23 heavy (non-hydrogen) atoms. The second kappa shape index (κ2) is 5.57. The first-order valence-electron chi connectivity index (χ1n) is 7.61. The lowest BCUT2D eigenvalue weighted by molar-refractivity contribution is 0.0684. The van der Waals surface area contributed by atoms with Crippen LogP contribution in [-0.4, -0.2) is 27.7 Å². The lowest BCUT2D eigenvalue weighted by Crippen LogP contribution is -2.26. The molecular weight excluding hydrogens is 292 g/mol. The first-order valence-corrected chi connectivity index (χ1v) is 7.61. The first kappa shape index (κ1) is 15.3. The van der Waals surface area contributed by atoms with Crippen LogP contribution in [0.5, 0.6) is 5.75 Å². The van der Waals surface area contributed by atoms with Crippen LogP contribution in [-0.2, 0) is 5.41 Å². The number of imidazole rings is 1. The molecule has 5 nitrogen and oxygen atoms in total. The minimum Gasteiger partial charge on any atom is -0.493 e. The number of aromatic amines is 1. The highest BCUT2D eigenvalue weighted by Gasteiger charge is 2.28. The number of benzene rings is 1. The zero-order valence-electron chi connectivity index (χ0n) is 13.5. The standard InChI is InChI=1S/C18H20N2O3/c1-11(8-13-10-19-16(20-13)17(21)22)12-4-5-15-14(9-12)18(2,3)6-7-23-15/h4-5,8-10H,6-7H2,1-3H3,(H,19,20)(H,21,22)/b11-8+. The van der Waals surface area contributed by atoms with Crippen LogP contribution in [0.3, 0.4) is 0 Å². The topological polar surface area (TPSA) is 75.2 Å². The fourth-order valence-corrected chi connectivity index (χ4v) is 2.81. The molecule has 1 aromatic heterocycles. The van der Waals surface area contributed by atoms with E-state index in [-0.39, 0.29) is 11.2 Å². The predicted molar refractivity (Wildman–Crippen MR) is 88.7 cm³/mol. The van der Waals surface area contributed by atoms with Gasteiger partial charge in [-0.25, -0.2) is 9.78 Å². The Morgan fingerprint density at radius 2 is 2.22 bits per heavy atom. The van der Waals surface area contributed by atoms with Gasteiger partial charge in [0.05, 0.1) is 18.5 Å². The molecule has 3 rings (SSSR count). The van der Waals surface area contributed by atoms with Gasteiger partial charge >= 0.3 is 5.97 Å². The van der Waals surface area contributed by atoms with E-state index in [1.807, 2.05) is 25.1 Å². The predicted octanol–water partition coefficient (Wildman–Crippen LogP) is 3.73. The molecule has 0 atom stereocenters. The number of ether oxygens (including phenoxy) is 1. The minimum absolute atomic E-state index is 0.0518. The molecule has 0 fully saturated rings. The zero-order valence-corrected chi connectivity index (χ0v) is 13.5. The number of hydrogen-bond donors (Lipinski definition) is 2. The van der Waals surface area contributed by atoms with E-state index >= 15 is 0 Å². The maximum Gasteiger partial charge on any atom is 0.371 e. The third kappa shape index (κ3) is 2.99. The Bertz CT molecular complexity index is 787. The molecule has 2 N–H and O–H groups in total. The van der Waals surface area contributed by atoms with Crippen molar-refractivity contribution in [2.75, 3.05) is 6.61 Å². The van der Waals surface area contributed by atoms with Gasteiger partial charge in [-0.05, 0) is 48.1 Å². The number of carbonyl (C=O) groups is 1. The number of aromatic nitrogens is 2. The summed E-state index contributed by atoms with van der Waals surface area (Å²) in [5.74, 6) is -0.161. The molecule has 2 heterocycles. The van der Waals surface area contributed by atoms with Crippen LogP contribution in [0, 0.1) is 0 Å². The van der Waals surface area contributed by atoms with Gasteiger partial charge in [0.2, 0.25) is 5.82 Å². The summed E-state index contributed by atoms with van der Waals surface area (Å²) in [6.45, 7) is 7.20. The molecule has 5 heteroatoms. The van der Waals surface area contributed by atoms with Crippen LogP contribution in [0.15, 0.2) is 24.4 Å². The number of nitrogens with one attached hydrogen (secondary N) is 1. The molecule has 0 aliphatic carbocycles. The highest BCUT2D eigenvalue weighted by atomic mass is 16.5. The summed E-state index contributed by atoms with van der Waals surface area (Å²) < 4.78 is 5.74. The number of hydrogen-bond acceptors (Lipinski definition) is 3. The minimum atomic E-state index is -1.06. The highest BCUT2D eigenvalue weighted by Crippen LogP contribution is 2.39. The molecule has 2 aromatic rings. The maximum absolute atomic E-state index is 10.9.